The molecule has 0 unspecified atom stereocenters. The third kappa shape index (κ3) is 4.58. The number of anilines is 1. The van der Waals surface area contributed by atoms with E-state index in [0.717, 1.165) is 36.1 Å². The van der Waals surface area contributed by atoms with Crippen molar-refractivity contribution in [3.63, 3.8) is 0 Å². The second-order valence-electron chi connectivity index (χ2n) is 6.64. The van der Waals surface area contributed by atoms with Crippen molar-refractivity contribution < 1.29 is 8.42 Å². The Morgan fingerprint density at radius 3 is 2.57 bits per heavy atom. The summed E-state index contributed by atoms with van der Waals surface area (Å²) >= 11 is 0. The first kappa shape index (κ1) is 16.0. The molecular formula is C16H24N2O2S. The normalized spacial score (nSPS) is 18.3. The lowest BCUT2D eigenvalue weighted by Gasteiger charge is -2.29. The molecule has 0 bridgehead atoms. The first-order chi connectivity index (χ1) is 9.66. The van der Waals surface area contributed by atoms with E-state index in [-0.39, 0.29) is 5.75 Å². The quantitative estimate of drug-likeness (QED) is 0.838. The molecule has 0 saturated heterocycles. The molecule has 0 spiro atoms. The van der Waals surface area contributed by atoms with Crippen LogP contribution in [0.3, 0.4) is 0 Å². The fourth-order valence-electron chi connectivity index (χ4n) is 2.62. The minimum atomic E-state index is -3.43. The Kier molecular flexibility index (Phi) is 4.44. The van der Waals surface area contributed by atoms with Gasteiger partial charge in [-0.05, 0) is 54.4 Å². The van der Waals surface area contributed by atoms with E-state index in [0.29, 0.717) is 11.8 Å². The maximum absolute atomic E-state index is 11.1. The predicted molar refractivity (Wildman–Crippen MR) is 88.1 cm³/mol. The molecule has 0 atom stereocenters. The van der Waals surface area contributed by atoms with E-state index < -0.39 is 10.0 Å². The van der Waals surface area contributed by atoms with Crippen molar-refractivity contribution in [3.8, 4) is 0 Å². The molecule has 0 fully saturated rings. The summed E-state index contributed by atoms with van der Waals surface area (Å²) in [6.07, 6.45) is 5.88. The van der Waals surface area contributed by atoms with Gasteiger partial charge in [-0.2, -0.15) is 0 Å². The minimum absolute atomic E-state index is 0.0392. The second-order valence-corrected chi connectivity index (χ2v) is 8.37. The third-order valence-corrected chi connectivity index (χ3v) is 4.88. The van der Waals surface area contributed by atoms with Crippen LogP contribution in [0, 0.1) is 5.41 Å². The summed E-state index contributed by atoms with van der Waals surface area (Å²) in [6, 6.07) is 5.73. The van der Waals surface area contributed by atoms with E-state index in [2.05, 4.69) is 19.9 Å². The van der Waals surface area contributed by atoms with Crippen LogP contribution >= 0.6 is 0 Å². The smallest absolute Gasteiger partial charge is 0.209 e. The Morgan fingerprint density at radius 2 is 2.00 bits per heavy atom. The zero-order valence-electron chi connectivity index (χ0n) is 12.7. The first-order valence-electron chi connectivity index (χ1n) is 7.25. The topological polar surface area (TPSA) is 86.2 Å². The molecule has 1 aliphatic carbocycles. The summed E-state index contributed by atoms with van der Waals surface area (Å²) in [5.41, 5.74) is 10.5. The Labute approximate surface area is 127 Å². The van der Waals surface area contributed by atoms with Gasteiger partial charge in [0.2, 0.25) is 10.0 Å². The number of hydrogen-bond acceptors (Lipinski definition) is 3. The van der Waals surface area contributed by atoms with Crippen LogP contribution in [0.2, 0.25) is 0 Å². The van der Waals surface area contributed by atoms with Gasteiger partial charge in [-0.1, -0.05) is 26.0 Å². The average Bonchev–Trinajstić information content (AvgIpc) is 2.37. The fraction of sp³-hybridized carbons (Fsp3) is 0.500. The lowest BCUT2D eigenvalue weighted by atomic mass is 9.76. The number of rotatable bonds is 4. The van der Waals surface area contributed by atoms with Crippen molar-refractivity contribution >= 4 is 21.3 Å². The third-order valence-electron chi connectivity index (χ3n) is 4.11. The van der Waals surface area contributed by atoms with Crippen molar-refractivity contribution in [2.24, 2.45) is 10.6 Å². The van der Waals surface area contributed by atoms with E-state index in [1.807, 2.05) is 18.2 Å². The predicted octanol–water partition coefficient (Wildman–Crippen LogP) is 2.69. The molecule has 1 aromatic rings. The average molecular weight is 308 g/mol. The Bertz CT molecular complexity index is 661. The van der Waals surface area contributed by atoms with Gasteiger partial charge >= 0.3 is 0 Å². The van der Waals surface area contributed by atoms with Crippen LogP contribution in [-0.2, 0) is 16.4 Å². The van der Waals surface area contributed by atoms with Crippen LogP contribution in [0.15, 0.2) is 24.3 Å². The van der Waals surface area contributed by atoms with Crippen LogP contribution in [0.25, 0.3) is 5.57 Å². The molecule has 1 aromatic carbocycles. The number of aryl methyl sites for hydroxylation is 1. The number of nitrogen functional groups attached to an aromatic ring is 1. The number of hydrogen-bond donors (Lipinski definition) is 2. The maximum Gasteiger partial charge on any atom is 0.209 e. The van der Waals surface area contributed by atoms with Crippen LogP contribution in [-0.4, -0.2) is 14.2 Å². The van der Waals surface area contributed by atoms with Crippen LogP contribution in [0.5, 0.6) is 0 Å². The second kappa shape index (κ2) is 5.81. The van der Waals surface area contributed by atoms with Gasteiger partial charge in [-0.3, -0.25) is 0 Å². The monoisotopic (exact) mass is 308 g/mol. The fourth-order valence-corrected chi connectivity index (χ4v) is 3.14. The summed E-state index contributed by atoms with van der Waals surface area (Å²) in [5.74, 6) is -0.0392. The van der Waals surface area contributed by atoms with E-state index in [1.165, 1.54) is 5.57 Å². The molecule has 21 heavy (non-hydrogen) atoms. The van der Waals surface area contributed by atoms with Crippen LogP contribution in [0.1, 0.15) is 44.2 Å². The van der Waals surface area contributed by atoms with Crippen molar-refractivity contribution in [3.05, 3.63) is 35.4 Å². The lowest BCUT2D eigenvalue weighted by Crippen LogP contribution is -2.18. The number of primary sulfonamides is 1. The molecule has 0 aliphatic heterocycles. The number of nitrogens with two attached hydrogens (primary N) is 2. The molecule has 0 radical (unpaired) electrons. The van der Waals surface area contributed by atoms with Gasteiger partial charge < -0.3 is 5.73 Å². The highest BCUT2D eigenvalue weighted by atomic mass is 32.2. The molecule has 5 heteroatoms. The SMILES string of the molecule is CC1(C)CC=C(c2cc(CCS(N)(=O)=O)ccc2N)CC1. The van der Waals surface area contributed by atoms with Gasteiger partial charge in [0.1, 0.15) is 0 Å². The molecule has 2 rings (SSSR count). The summed E-state index contributed by atoms with van der Waals surface area (Å²) in [5, 5.41) is 5.06. The van der Waals surface area contributed by atoms with Crippen molar-refractivity contribution in [1.29, 1.82) is 0 Å². The molecule has 1 aliphatic rings. The number of sulfonamides is 1. The zero-order chi connectivity index (χ0) is 15.7. The summed E-state index contributed by atoms with van der Waals surface area (Å²) < 4.78 is 22.1. The largest absolute Gasteiger partial charge is 0.398 e. The molecule has 0 amide bonds. The zero-order valence-corrected chi connectivity index (χ0v) is 13.5. The van der Waals surface area contributed by atoms with Gasteiger partial charge in [0.05, 0.1) is 5.75 Å². The minimum Gasteiger partial charge on any atom is -0.398 e. The molecule has 4 nitrogen and oxygen atoms in total. The summed E-state index contributed by atoms with van der Waals surface area (Å²) in [7, 11) is -3.43. The van der Waals surface area contributed by atoms with E-state index in [1.54, 1.807) is 0 Å². The van der Waals surface area contributed by atoms with Crippen LogP contribution in [0.4, 0.5) is 5.69 Å². The maximum atomic E-state index is 11.1. The van der Waals surface area contributed by atoms with Gasteiger partial charge in [0.25, 0.3) is 0 Å². The Morgan fingerprint density at radius 1 is 1.29 bits per heavy atom. The molecule has 0 heterocycles. The van der Waals surface area contributed by atoms with Crippen molar-refractivity contribution in [2.75, 3.05) is 11.5 Å². The van der Waals surface area contributed by atoms with Crippen molar-refractivity contribution in [1.82, 2.24) is 0 Å². The lowest BCUT2D eigenvalue weighted by molar-refractivity contribution is 0.335. The van der Waals surface area contributed by atoms with Gasteiger partial charge in [0.15, 0.2) is 0 Å². The van der Waals surface area contributed by atoms with E-state index in [4.69, 9.17) is 10.9 Å². The molecule has 4 N–H and O–H groups in total. The highest BCUT2D eigenvalue weighted by Gasteiger charge is 2.22. The molecule has 116 valence electrons. The Balaban J connectivity index is 2.22. The summed E-state index contributed by atoms with van der Waals surface area (Å²) in [4.78, 5) is 0. The molecular weight excluding hydrogens is 284 g/mol. The first-order valence-corrected chi connectivity index (χ1v) is 8.96. The number of benzene rings is 1. The van der Waals surface area contributed by atoms with Gasteiger partial charge in [0, 0.05) is 11.3 Å². The van der Waals surface area contributed by atoms with E-state index >= 15 is 0 Å². The highest BCUT2D eigenvalue weighted by Crippen LogP contribution is 2.39. The van der Waals surface area contributed by atoms with Gasteiger partial charge in [-0.15, -0.1) is 0 Å². The summed E-state index contributed by atoms with van der Waals surface area (Å²) in [6.45, 7) is 4.54. The standard InChI is InChI=1S/C16H24N2O2S/c1-16(2)8-5-13(6-9-16)14-11-12(3-4-15(14)17)7-10-21(18,19)20/h3-5,11H,6-10,17H2,1-2H3,(H2,18,19,20). The Hall–Kier alpha value is -1.33. The molecule has 0 saturated carbocycles. The number of allylic oxidation sites excluding steroid dienone is 2. The van der Waals surface area contributed by atoms with Gasteiger partial charge in [-0.25, -0.2) is 13.6 Å². The molecule has 0 aromatic heterocycles. The van der Waals surface area contributed by atoms with Crippen LogP contribution < -0.4 is 10.9 Å². The van der Waals surface area contributed by atoms with E-state index in [9.17, 15) is 8.42 Å². The van der Waals surface area contributed by atoms with Crippen molar-refractivity contribution in [2.45, 2.75) is 39.5 Å². The highest BCUT2D eigenvalue weighted by molar-refractivity contribution is 7.89.